The number of benzene rings is 1. The minimum absolute atomic E-state index is 0.243. The first-order valence-electron chi connectivity index (χ1n) is 9.09. The standard InChI is InChI=1S/C20H19F3N4O/c21-20(22,23)16-3-1-2-4-17(16)26-19(28)15-12-25-27-10-7-14(11-18(15)27)13-5-8-24-9-6-13/h1-4,7,10-13,24H,5-6,8-9H2,(H,26,28). The zero-order chi connectivity index (χ0) is 19.7. The molecule has 0 saturated carbocycles. The van der Waals surface area contributed by atoms with Gasteiger partial charge in [-0.05, 0) is 61.7 Å². The van der Waals surface area contributed by atoms with Gasteiger partial charge in [-0.1, -0.05) is 12.1 Å². The van der Waals surface area contributed by atoms with Crippen molar-refractivity contribution in [3.05, 3.63) is 65.5 Å². The van der Waals surface area contributed by atoms with E-state index in [1.165, 1.54) is 24.4 Å². The SMILES string of the molecule is O=C(Nc1ccccc1C(F)(F)F)c1cnn2ccc(C3CCNCC3)cc12. The molecular weight excluding hydrogens is 369 g/mol. The van der Waals surface area contributed by atoms with Gasteiger partial charge in [-0.15, -0.1) is 0 Å². The maximum absolute atomic E-state index is 13.2. The van der Waals surface area contributed by atoms with E-state index >= 15 is 0 Å². The largest absolute Gasteiger partial charge is 0.418 e. The second-order valence-corrected chi connectivity index (χ2v) is 6.87. The van der Waals surface area contributed by atoms with Gasteiger partial charge in [0.05, 0.1) is 28.5 Å². The summed E-state index contributed by atoms with van der Waals surface area (Å²) >= 11 is 0. The molecule has 0 aliphatic carbocycles. The lowest BCUT2D eigenvalue weighted by molar-refractivity contribution is -0.136. The summed E-state index contributed by atoms with van der Waals surface area (Å²) in [6, 6.07) is 8.83. The highest BCUT2D eigenvalue weighted by atomic mass is 19.4. The third kappa shape index (κ3) is 3.60. The molecule has 0 radical (unpaired) electrons. The molecular formula is C20H19F3N4O. The number of aromatic nitrogens is 2. The van der Waals surface area contributed by atoms with Crippen LogP contribution >= 0.6 is 0 Å². The smallest absolute Gasteiger partial charge is 0.321 e. The molecule has 28 heavy (non-hydrogen) atoms. The number of hydrogen-bond donors (Lipinski definition) is 2. The van der Waals surface area contributed by atoms with Crippen molar-refractivity contribution < 1.29 is 18.0 Å². The van der Waals surface area contributed by atoms with Gasteiger partial charge in [0.15, 0.2) is 0 Å². The number of nitrogens with zero attached hydrogens (tertiary/aromatic N) is 2. The number of para-hydroxylation sites is 1. The number of fused-ring (bicyclic) bond motifs is 1. The molecule has 3 heterocycles. The second kappa shape index (κ2) is 7.27. The fourth-order valence-electron chi connectivity index (χ4n) is 3.61. The lowest BCUT2D eigenvalue weighted by Gasteiger charge is -2.23. The zero-order valence-corrected chi connectivity index (χ0v) is 15.0. The van der Waals surface area contributed by atoms with E-state index in [2.05, 4.69) is 15.7 Å². The predicted molar refractivity (Wildman–Crippen MR) is 99.4 cm³/mol. The summed E-state index contributed by atoms with van der Waals surface area (Å²) in [4.78, 5) is 12.7. The fraction of sp³-hybridized carbons (Fsp3) is 0.300. The Kier molecular flexibility index (Phi) is 4.80. The second-order valence-electron chi connectivity index (χ2n) is 6.87. The summed E-state index contributed by atoms with van der Waals surface area (Å²) in [5.74, 6) is -0.225. The minimum Gasteiger partial charge on any atom is -0.321 e. The summed E-state index contributed by atoms with van der Waals surface area (Å²) < 4.78 is 41.1. The third-order valence-electron chi connectivity index (χ3n) is 5.08. The topological polar surface area (TPSA) is 58.4 Å². The summed E-state index contributed by atoms with van der Waals surface area (Å²) in [6.07, 6.45) is 0.628. The number of rotatable bonds is 3. The third-order valence-corrected chi connectivity index (χ3v) is 5.08. The zero-order valence-electron chi connectivity index (χ0n) is 15.0. The van der Waals surface area contributed by atoms with Crippen molar-refractivity contribution in [2.45, 2.75) is 24.9 Å². The van der Waals surface area contributed by atoms with Crippen LogP contribution in [0.25, 0.3) is 5.52 Å². The Morgan fingerprint density at radius 1 is 1.18 bits per heavy atom. The highest BCUT2D eigenvalue weighted by Gasteiger charge is 2.33. The number of amides is 1. The van der Waals surface area contributed by atoms with Gasteiger partial charge in [0.1, 0.15) is 0 Å². The Labute approximate surface area is 159 Å². The molecule has 1 fully saturated rings. The molecule has 1 saturated heterocycles. The number of halogens is 3. The first-order valence-corrected chi connectivity index (χ1v) is 9.09. The van der Waals surface area contributed by atoms with Gasteiger partial charge < -0.3 is 10.6 Å². The Morgan fingerprint density at radius 2 is 1.93 bits per heavy atom. The van der Waals surface area contributed by atoms with Gasteiger partial charge >= 0.3 is 6.18 Å². The monoisotopic (exact) mass is 388 g/mol. The number of hydrogen-bond acceptors (Lipinski definition) is 3. The summed E-state index contributed by atoms with van der Waals surface area (Å²) in [5.41, 5.74) is 0.786. The van der Waals surface area contributed by atoms with Crippen molar-refractivity contribution in [3.63, 3.8) is 0 Å². The molecule has 5 nitrogen and oxygen atoms in total. The molecule has 146 valence electrons. The Morgan fingerprint density at radius 3 is 2.68 bits per heavy atom. The summed E-state index contributed by atoms with van der Waals surface area (Å²) in [5, 5.41) is 9.87. The first-order chi connectivity index (χ1) is 13.4. The quantitative estimate of drug-likeness (QED) is 0.711. The molecule has 0 bridgehead atoms. The average molecular weight is 388 g/mol. The number of anilines is 1. The van der Waals surface area contributed by atoms with E-state index in [0.29, 0.717) is 11.4 Å². The molecule has 1 amide bonds. The Balaban J connectivity index is 1.65. The van der Waals surface area contributed by atoms with Crippen molar-refractivity contribution in [3.8, 4) is 0 Å². The number of piperidine rings is 1. The molecule has 0 unspecified atom stereocenters. The molecule has 0 spiro atoms. The molecule has 2 N–H and O–H groups in total. The van der Waals surface area contributed by atoms with Gasteiger partial charge in [-0.2, -0.15) is 18.3 Å². The summed E-state index contributed by atoms with van der Waals surface area (Å²) in [7, 11) is 0. The van der Waals surface area contributed by atoms with Gasteiger partial charge in [0.25, 0.3) is 5.91 Å². The van der Waals surface area contributed by atoms with Crippen LogP contribution in [0.15, 0.2) is 48.8 Å². The van der Waals surface area contributed by atoms with Gasteiger partial charge in [-0.3, -0.25) is 4.79 Å². The highest BCUT2D eigenvalue weighted by Crippen LogP contribution is 2.35. The van der Waals surface area contributed by atoms with Crippen LogP contribution in [0.4, 0.5) is 18.9 Å². The van der Waals surface area contributed by atoms with Crippen LogP contribution in [0.1, 0.15) is 40.2 Å². The predicted octanol–water partition coefficient (Wildman–Crippen LogP) is 4.07. The normalized spacial score (nSPS) is 15.7. The highest BCUT2D eigenvalue weighted by molar-refractivity contribution is 6.09. The molecule has 8 heteroatoms. The van der Waals surface area contributed by atoms with E-state index in [9.17, 15) is 18.0 Å². The first kappa shape index (κ1) is 18.5. The molecule has 1 aliphatic rings. The van der Waals surface area contributed by atoms with Crippen LogP contribution in [0, 0.1) is 0 Å². The number of alkyl halides is 3. The van der Waals surface area contributed by atoms with E-state index in [1.54, 1.807) is 10.7 Å². The fourth-order valence-corrected chi connectivity index (χ4v) is 3.61. The van der Waals surface area contributed by atoms with E-state index in [0.717, 1.165) is 37.6 Å². The van der Waals surface area contributed by atoms with Crippen molar-refractivity contribution in [2.24, 2.45) is 0 Å². The average Bonchev–Trinajstić information content (AvgIpc) is 3.11. The molecule has 1 aromatic carbocycles. The Hall–Kier alpha value is -2.87. The summed E-state index contributed by atoms with van der Waals surface area (Å²) in [6.45, 7) is 1.88. The van der Waals surface area contributed by atoms with Crippen LogP contribution in [0.5, 0.6) is 0 Å². The van der Waals surface area contributed by atoms with Crippen molar-refractivity contribution in [1.29, 1.82) is 0 Å². The minimum atomic E-state index is -4.55. The molecule has 0 atom stereocenters. The maximum atomic E-state index is 13.2. The van der Waals surface area contributed by atoms with Gasteiger partial charge in [0.2, 0.25) is 0 Å². The number of pyridine rings is 1. The number of nitrogens with one attached hydrogen (secondary N) is 2. The van der Waals surface area contributed by atoms with Gasteiger partial charge in [-0.25, -0.2) is 4.52 Å². The molecule has 1 aliphatic heterocycles. The van der Waals surface area contributed by atoms with Crippen molar-refractivity contribution in [2.75, 3.05) is 18.4 Å². The molecule has 3 aromatic rings. The van der Waals surface area contributed by atoms with Crippen molar-refractivity contribution in [1.82, 2.24) is 14.9 Å². The van der Waals surface area contributed by atoms with Gasteiger partial charge in [0, 0.05) is 6.20 Å². The Bertz CT molecular complexity index is 1010. The molecule has 2 aromatic heterocycles. The van der Waals surface area contributed by atoms with Crippen LogP contribution < -0.4 is 10.6 Å². The number of carbonyl (C=O) groups is 1. The van der Waals surface area contributed by atoms with E-state index in [4.69, 9.17) is 0 Å². The number of carbonyl (C=O) groups excluding carboxylic acids is 1. The lowest BCUT2D eigenvalue weighted by Crippen LogP contribution is -2.26. The van der Waals surface area contributed by atoms with E-state index in [-0.39, 0.29) is 11.3 Å². The van der Waals surface area contributed by atoms with E-state index < -0.39 is 17.6 Å². The van der Waals surface area contributed by atoms with E-state index in [1.807, 2.05) is 12.1 Å². The van der Waals surface area contributed by atoms with Crippen LogP contribution in [-0.4, -0.2) is 28.6 Å². The maximum Gasteiger partial charge on any atom is 0.418 e. The van der Waals surface area contributed by atoms with Crippen LogP contribution in [0.2, 0.25) is 0 Å². The van der Waals surface area contributed by atoms with Crippen molar-refractivity contribution >= 4 is 17.1 Å². The molecule has 4 rings (SSSR count). The van der Waals surface area contributed by atoms with Crippen LogP contribution in [-0.2, 0) is 6.18 Å². The van der Waals surface area contributed by atoms with Crippen LogP contribution in [0.3, 0.4) is 0 Å². The lowest BCUT2D eigenvalue weighted by atomic mass is 9.90.